The highest BCUT2D eigenvalue weighted by molar-refractivity contribution is 5.98. The summed E-state index contributed by atoms with van der Waals surface area (Å²) < 4.78 is 24.7. The maximum absolute atomic E-state index is 13.3. The number of H-pyrrole nitrogens is 1. The number of aromatic amines is 1. The van der Waals surface area contributed by atoms with E-state index in [0.717, 1.165) is 23.1 Å². The maximum atomic E-state index is 13.3. The predicted octanol–water partition coefficient (Wildman–Crippen LogP) is 5.95. The van der Waals surface area contributed by atoms with Gasteiger partial charge in [0.15, 0.2) is 0 Å². The minimum atomic E-state index is -0.914. The summed E-state index contributed by atoms with van der Waals surface area (Å²) in [4.78, 5) is 29.5. The van der Waals surface area contributed by atoms with Gasteiger partial charge in [0.05, 0.1) is 19.1 Å². The first-order valence-corrected chi connectivity index (χ1v) is 12.8. The minimum Gasteiger partial charge on any atom is -0.457 e. The average Bonchev–Trinajstić information content (AvgIpc) is 3.44. The zero-order valence-electron chi connectivity index (χ0n) is 21.9. The third-order valence-corrected chi connectivity index (χ3v) is 6.31. The predicted molar refractivity (Wildman–Crippen MR) is 148 cm³/mol. The summed E-state index contributed by atoms with van der Waals surface area (Å²) in [6, 6.07) is 21.2. The number of benzene rings is 3. The number of aryl methyl sites for hydroxylation is 1. The van der Waals surface area contributed by atoms with Crippen molar-refractivity contribution in [2.75, 3.05) is 11.9 Å². The SMILES string of the molecule is CCc1c[nH]cc1C(C)C(=O)NC(COCc1ccccc1)C(=O)Nc1ccc(Oc2ccc(F)cc2)cc1. The molecule has 3 aromatic carbocycles. The molecular weight excluding hydrogens is 497 g/mol. The number of hydrogen-bond donors (Lipinski definition) is 3. The van der Waals surface area contributed by atoms with Crippen LogP contribution in [0.25, 0.3) is 0 Å². The van der Waals surface area contributed by atoms with Crippen molar-refractivity contribution >= 4 is 17.5 Å². The molecule has 0 saturated heterocycles. The number of anilines is 1. The highest BCUT2D eigenvalue weighted by Gasteiger charge is 2.26. The monoisotopic (exact) mass is 529 g/mol. The highest BCUT2D eigenvalue weighted by atomic mass is 19.1. The smallest absolute Gasteiger partial charge is 0.249 e. The number of aromatic nitrogens is 1. The van der Waals surface area contributed by atoms with E-state index in [1.807, 2.05) is 56.6 Å². The molecule has 0 aliphatic carbocycles. The molecule has 2 amide bonds. The molecule has 0 spiro atoms. The van der Waals surface area contributed by atoms with E-state index in [9.17, 15) is 14.0 Å². The number of carbonyl (C=O) groups excluding carboxylic acids is 2. The molecule has 0 bridgehead atoms. The average molecular weight is 530 g/mol. The zero-order valence-corrected chi connectivity index (χ0v) is 21.9. The van der Waals surface area contributed by atoms with Crippen molar-refractivity contribution in [2.24, 2.45) is 0 Å². The molecule has 0 saturated carbocycles. The van der Waals surface area contributed by atoms with Crippen LogP contribution in [0.2, 0.25) is 0 Å². The Labute approximate surface area is 227 Å². The standard InChI is InChI=1S/C31H32FN3O4/c1-3-23-17-33-18-28(23)21(2)30(36)35-29(20-38-19-22-7-5-4-6-8-22)31(37)34-25-11-15-27(16-12-25)39-26-13-9-24(32)10-14-26/h4-18,21,29,33H,3,19-20H2,1-2H3,(H,34,37)(H,35,36). The van der Waals surface area contributed by atoms with Gasteiger partial charge in [0.1, 0.15) is 23.4 Å². The summed E-state index contributed by atoms with van der Waals surface area (Å²) in [5.41, 5.74) is 3.45. The van der Waals surface area contributed by atoms with Crippen molar-refractivity contribution in [3.63, 3.8) is 0 Å². The number of amides is 2. The topological polar surface area (TPSA) is 92.5 Å². The second-order valence-electron chi connectivity index (χ2n) is 9.14. The number of ether oxygens (including phenoxy) is 2. The van der Waals surface area contributed by atoms with E-state index < -0.39 is 17.9 Å². The second kappa shape index (κ2) is 13.4. The molecule has 2 unspecified atom stereocenters. The van der Waals surface area contributed by atoms with Crippen LogP contribution in [0.4, 0.5) is 10.1 Å². The van der Waals surface area contributed by atoms with E-state index in [-0.39, 0.29) is 18.3 Å². The number of halogens is 1. The van der Waals surface area contributed by atoms with Crippen LogP contribution in [-0.4, -0.2) is 29.4 Å². The lowest BCUT2D eigenvalue weighted by Gasteiger charge is -2.21. The second-order valence-corrected chi connectivity index (χ2v) is 9.14. The summed E-state index contributed by atoms with van der Waals surface area (Å²) in [6.45, 7) is 4.15. The molecule has 0 aliphatic heterocycles. The zero-order chi connectivity index (χ0) is 27.6. The fourth-order valence-corrected chi connectivity index (χ4v) is 4.08. The van der Waals surface area contributed by atoms with Crippen molar-refractivity contribution < 1.29 is 23.5 Å². The van der Waals surface area contributed by atoms with Gasteiger partial charge >= 0.3 is 0 Å². The van der Waals surface area contributed by atoms with Crippen molar-refractivity contribution in [1.29, 1.82) is 0 Å². The molecule has 202 valence electrons. The van der Waals surface area contributed by atoms with Crippen LogP contribution in [0.3, 0.4) is 0 Å². The van der Waals surface area contributed by atoms with Gasteiger partial charge in [0.2, 0.25) is 11.8 Å². The normalized spacial score (nSPS) is 12.4. The van der Waals surface area contributed by atoms with Gasteiger partial charge in [-0.3, -0.25) is 9.59 Å². The van der Waals surface area contributed by atoms with Crippen LogP contribution in [0, 0.1) is 5.82 Å². The third kappa shape index (κ3) is 7.78. The van der Waals surface area contributed by atoms with Crippen LogP contribution in [0.5, 0.6) is 11.5 Å². The fourth-order valence-electron chi connectivity index (χ4n) is 4.08. The van der Waals surface area contributed by atoms with E-state index >= 15 is 0 Å². The molecule has 4 aromatic rings. The summed E-state index contributed by atoms with van der Waals surface area (Å²) in [5.74, 6) is -0.435. The molecule has 0 fully saturated rings. The molecule has 8 heteroatoms. The molecule has 39 heavy (non-hydrogen) atoms. The van der Waals surface area contributed by atoms with Gasteiger partial charge in [-0.2, -0.15) is 0 Å². The van der Waals surface area contributed by atoms with Crippen molar-refractivity contribution in [1.82, 2.24) is 10.3 Å². The highest BCUT2D eigenvalue weighted by Crippen LogP contribution is 2.24. The molecule has 7 nitrogen and oxygen atoms in total. The Bertz CT molecular complexity index is 1350. The van der Waals surface area contributed by atoms with Crippen LogP contribution in [0.15, 0.2) is 91.3 Å². The Morgan fingerprint density at radius 2 is 1.56 bits per heavy atom. The first-order chi connectivity index (χ1) is 18.9. The Morgan fingerprint density at radius 3 is 2.23 bits per heavy atom. The van der Waals surface area contributed by atoms with E-state index in [1.165, 1.54) is 24.3 Å². The van der Waals surface area contributed by atoms with Gasteiger partial charge in [0, 0.05) is 18.1 Å². The lowest BCUT2D eigenvalue weighted by molar-refractivity contribution is -0.128. The first kappa shape index (κ1) is 27.6. The van der Waals surface area contributed by atoms with Gasteiger partial charge in [-0.15, -0.1) is 0 Å². The van der Waals surface area contributed by atoms with Gasteiger partial charge in [-0.1, -0.05) is 37.3 Å². The Balaban J connectivity index is 1.41. The molecule has 2 atom stereocenters. The van der Waals surface area contributed by atoms with Crippen LogP contribution in [0.1, 0.15) is 36.5 Å². The number of hydrogen-bond acceptors (Lipinski definition) is 4. The summed E-state index contributed by atoms with van der Waals surface area (Å²) in [7, 11) is 0. The molecule has 3 N–H and O–H groups in total. The van der Waals surface area contributed by atoms with Gasteiger partial charge in [-0.25, -0.2) is 4.39 Å². The molecule has 1 aromatic heterocycles. The van der Waals surface area contributed by atoms with E-state index in [2.05, 4.69) is 15.6 Å². The summed E-state index contributed by atoms with van der Waals surface area (Å²) >= 11 is 0. The van der Waals surface area contributed by atoms with Gasteiger partial charge < -0.3 is 25.1 Å². The van der Waals surface area contributed by atoms with E-state index in [4.69, 9.17) is 9.47 Å². The van der Waals surface area contributed by atoms with Crippen molar-refractivity contribution in [3.8, 4) is 11.5 Å². The van der Waals surface area contributed by atoms with E-state index in [1.54, 1.807) is 24.3 Å². The summed E-state index contributed by atoms with van der Waals surface area (Å²) in [5, 5.41) is 5.71. The van der Waals surface area contributed by atoms with Crippen LogP contribution in [-0.2, 0) is 27.4 Å². The molecule has 1 heterocycles. The number of carbonyl (C=O) groups is 2. The third-order valence-electron chi connectivity index (χ3n) is 6.31. The molecule has 0 radical (unpaired) electrons. The van der Waals surface area contributed by atoms with E-state index in [0.29, 0.717) is 23.8 Å². The fraction of sp³-hybridized carbons (Fsp3) is 0.226. The Kier molecular flexibility index (Phi) is 9.48. The largest absolute Gasteiger partial charge is 0.457 e. The lowest BCUT2D eigenvalue weighted by Crippen LogP contribution is -2.48. The van der Waals surface area contributed by atoms with Gasteiger partial charge in [0.25, 0.3) is 0 Å². The van der Waals surface area contributed by atoms with Crippen LogP contribution >= 0.6 is 0 Å². The quantitative estimate of drug-likeness (QED) is 0.211. The lowest BCUT2D eigenvalue weighted by atomic mass is 9.98. The number of rotatable bonds is 12. The Hall–Kier alpha value is -4.43. The van der Waals surface area contributed by atoms with Crippen molar-refractivity contribution in [3.05, 3.63) is 114 Å². The number of nitrogens with one attached hydrogen (secondary N) is 3. The molecule has 0 aliphatic rings. The maximum Gasteiger partial charge on any atom is 0.249 e. The molecular formula is C31H32FN3O4. The first-order valence-electron chi connectivity index (χ1n) is 12.8. The van der Waals surface area contributed by atoms with Crippen LogP contribution < -0.4 is 15.4 Å². The Morgan fingerprint density at radius 1 is 0.897 bits per heavy atom. The van der Waals surface area contributed by atoms with Crippen molar-refractivity contribution in [2.45, 2.75) is 38.8 Å². The molecule has 4 rings (SSSR count). The van der Waals surface area contributed by atoms with Gasteiger partial charge in [-0.05, 0) is 78.6 Å². The summed E-state index contributed by atoms with van der Waals surface area (Å²) in [6.07, 6.45) is 4.50. The minimum absolute atomic E-state index is 0.00127.